The summed E-state index contributed by atoms with van der Waals surface area (Å²) in [6.07, 6.45) is 1.94. The minimum absolute atomic E-state index is 0.178. The fourth-order valence-corrected chi connectivity index (χ4v) is 0.528. The van der Waals surface area contributed by atoms with Crippen LogP contribution in [-0.2, 0) is 9.47 Å². The highest BCUT2D eigenvalue weighted by molar-refractivity contribution is 5.84. The van der Waals surface area contributed by atoms with Crippen molar-refractivity contribution in [1.82, 2.24) is 0 Å². The van der Waals surface area contributed by atoms with Gasteiger partial charge < -0.3 is 15.2 Å². The van der Waals surface area contributed by atoms with Crippen molar-refractivity contribution in [2.24, 2.45) is 10.7 Å². The molecule has 0 saturated heterocycles. The second-order valence-corrected chi connectivity index (χ2v) is 3.53. The molecule has 0 bridgehead atoms. The van der Waals surface area contributed by atoms with Crippen LogP contribution in [0.25, 0.3) is 0 Å². The first kappa shape index (κ1) is 12.5. The summed E-state index contributed by atoms with van der Waals surface area (Å²) in [7, 11) is 1.42. The number of hydrogen-bond acceptors (Lipinski definition) is 4. The van der Waals surface area contributed by atoms with E-state index < -0.39 is 11.7 Å². The van der Waals surface area contributed by atoms with Crippen molar-refractivity contribution in [2.75, 3.05) is 7.11 Å². The molecule has 0 spiro atoms. The first-order chi connectivity index (χ1) is 6.35. The van der Waals surface area contributed by atoms with Crippen LogP contribution in [0.15, 0.2) is 17.0 Å². The van der Waals surface area contributed by atoms with Gasteiger partial charge in [0, 0.05) is 12.3 Å². The molecule has 5 heteroatoms. The summed E-state index contributed by atoms with van der Waals surface area (Å²) >= 11 is 0. The number of rotatable bonds is 2. The van der Waals surface area contributed by atoms with E-state index in [0.717, 1.165) is 0 Å². The van der Waals surface area contributed by atoms with Crippen LogP contribution in [0.1, 0.15) is 20.8 Å². The van der Waals surface area contributed by atoms with Crippen LogP contribution < -0.4 is 5.73 Å². The predicted octanol–water partition coefficient (Wildman–Crippen LogP) is 1.44. The lowest BCUT2D eigenvalue weighted by molar-refractivity contribution is 0.0605. The van der Waals surface area contributed by atoms with Gasteiger partial charge in [0.2, 0.25) is 0 Å². The molecule has 0 saturated carbocycles. The maximum atomic E-state index is 11.0. The summed E-state index contributed by atoms with van der Waals surface area (Å²) in [5.41, 5.74) is 4.75. The van der Waals surface area contributed by atoms with Crippen molar-refractivity contribution in [3.05, 3.63) is 12.0 Å². The zero-order valence-electron chi connectivity index (χ0n) is 8.90. The van der Waals surface area contributed by atoms with E-state index in [1.165, 1.54) is 19.4 Å². The van der Waals surface area contributed by atoms with Gasteiger partial charge in [0.1, 0.15) is 5.60 Å². The highest BCUT2D eigenvalue weighted by Crippen LogP contribution is 2.07. The van der Waals surface area contributed by atoms with Crippen LogP contribution in [0.3, 0.4) is 0 Å². The summed E-state index contributed by atoms with van der Waals surface area (Å²) in [4.78, 5) is 14.5. The number of aliphatic imine (C=N–C) groups is 1. The first-order valence-corrected chi connectivity index (χ1v) is 4.12. The van der Waals surface area contributed by atoms with Crippen molar-refractivity contribution in [3.63, 3.8) is 0 Å². The molecule has 0 fully saturated rings. The lowest BCUT2D eigenvalue weighted by Gasteiger charge is -2.16. The standard InChI is InChI=1S/C9H16N2O3/c1-9(2,3)14-8(12)11-6-5-7(10)13-4/h5-6H,10H2,1-4H3/b7-5+,11-6+. The van der Waals surface area contributed by atoms with E-state index in [1.54, 1.807) is 20.8 Å². The SMILES string of the molecule is CO/C(N)=C/C=N/C(=O)OC(C)(C)C. The Morgan fingerprint density at radius 1 is 1.43 bits per heavy atom. The Labute approximate surface area is 83.6 Å². The van der Waals surface area contributed by atoms with Crippen molar-refractivity contribution in [3.8, 4) is 0 Å². The van der Waals surface area contributed by atoms with Crippen molar-refractivity contribution in [1.29, 1.82) is 0 Å². The van der Waals surface area contributed by atoms with Gasteiger partial charge in [0.25, 0.3) is 0 Å². The van der Waals surface area contributed by atoms with Gasteiger partial charge in [0.05, 0.1) is 7.11 Å². The van der Waals surface area contributed by atoms with E-state index in [-0.39, 0.29) is 5.88 Å². The van der Waals surface area contributed by atoms with Crippen molar-refractivity contribution < 1.29 is 14.3 Å². The van der Waals surface area contributed by atoms with E-state index in [9.17, 15) is 4.79 Å². The van der Waals surface area contributed by atoms with Gasteiger partial charge in [-0.2, -0.15) is 4.99 Å². The predicted molar refractivity (Wildman–Crippen MR) is 54.0 cm³/mol. The number of methoxy groups -OCH3 is 1. The maximum absolute atomic E-state index is 11.0. The van der Waals surface area contributed by atoms with Gasteiger partial charge >= 0.3 is 6.09 Å². The molecule has 0 rings (SSSR count). The Morgan fingerprint density at radius 3 is 2.43 bits per heavy atom. The van der Waals surface area contributed by atoms with Crippen molar-refractivity contribution >= 4 is 12.3 Å². The maximum Gasteiger partial charge on any atom is 0.434 e. The minimum Gasteiger partial charge on any atom is -0.483 e. The molecule has 0 unspecified atom stereocenters. The van der Waals surface area contributed by atoms with Crippen LogP contribution in [-0.4, -0.2) is 25.0 Å². The molecular formula is C9H16N2O3. The number of carbonyl (C=O) groups is 1. The molecule has 0 aliphatic heterocycles. The Balaban J connectivity index is 4.08. The third kappa shape index (κ3) is 7.15. The number of nitrogens with zero attached hydrogens (tertiary/aromatic N) is 1. The molecule has 0 aromatic carbocycles. The normalized spacial score (nSPS) is 13.0. The number of ether oxygens (including phenoxy) is 2. The summed E-state index contributed by atoms with van der Waals surface area (Å²) in [6.45, 7) is 5.29. The average molecular weight is 200 g/mol. The third-order valence-electron chi connectivity index (χ3n) is 1.05. The van der Waals surface area contributed by atoms with Gasteiger partial charge in [-0.1, -0.05) is 0 Å². The Morgan fingerprint density at radius 2 is 2.00 bits per heavy atom. The summed E-state index contributed by atoms with van der Waals surface area (Å²) < 4.78 is 9.53. The monoisotopic (exact) mass is 200 g/mol. The number of hydrogen-bond donors (Lipinski definition) is 1. The number of allylic oxidation sites excluding steroid dienone is 1. The molecule has 1 amide bonds. The zero-order chi connectivity index (χ0) is 11.2. The van der Waals surface area contributed by atoms with E-state index in [0.29, 0.717) is 0 Å². The van der Waals surface area contributed by atoms with Gasteiger partial charge in [-0.3, -0.25) is 0 Å². The molecule has 0 atom stereocenters. The lowest BCUT2D eigenvalue weighted by atomic mass is 10.2. The highest BCUT2D eigenvalue weighted by atomic mass is 16.6. The summed E-state index contributed by atoms with van der Waals surface area (Å²) in [6, 6.07) is 0. The second-order valence-electron chi connectivity index (χ2n) is 3.53. The molecule has 0 aromatic heterocycles. The number of amides is 1. The average Bonchev–Trinajstić information content (AvgIpc) is 2.00. The topological polar surface area (TPSA) is 73.9 Å². The molecular weight excluding hydrogens is 184 g/mol. The van der Waals surface area contributed by atoms with Crippen LogP contribution in [0.5, 0.6) is 0 Å². The summed E-state index contributed by atoms with van der Waals surface area (Å²) in [5.74, 6) is 0.178. The van der Waals surface area contributed by atoms with E-state index in [2.05, 4.69) is 9.73 Å². The lowest BCUT2D eigenvalue weighted by Crippen LogP contribution is -2.21. The van der Waals surface area contributed by atoms with E-state index in [1.807, 2.05) is 0 Å². The van der Waals surface area contributed by atoms with Crippen LogP contribution in [0, 0.1) is 0 Å². The fourth-order valence-electron chi connectivity index (χ4n) is 0.528. The Hall–Kier alpha value is -1.52. The van der Waals surface area contributed by atoms with Gasteiger partial charge in [-0.05, 0) is 20.8 Å². The molecule has 5 nitrogen and oxygen atoms in total. The van der Waals surface area contributed by atoms with Gasteiger partial charge in [-0.15, -0.1) is 0 Å². The first-order valence-electron chi connectivity index (χ1n) is 4.12. The van der Waals surface area contributed by atoms with Crippen LogP contribution >= 0.6 is 0 Å². The van der Waals surface area contributed by atoms with E-state index in [4.69, 9.17) is 10.5 Å². The molecule has 0 aromatic rings. The van der Waals surface area contributed by atoms with Gasteiger partial charge in [-0.25, -0.2) is 4.79 Å². The molecule has 0 radical (unpaired) electrons. The minimum atomic E-state index is -0.655. The molecule has 80 valence electrons. The van der Waals surface area contributed by atoms with Crippen LogP contribution in [0.2, 0.25) is 0 Å². The largest absolute Gasteiger partial charge is 0.483 e. The van der Waals surface area contributed by atoms with E-state index >= 15 is 0 Å². The zero-order valence-corrected chi connectivity index (χ0v) is 8.90. The smallest absolute Gasteiger partial charge is 0.434 e. The van der Waals surface area contributed by atoms with Gasteiger partial charge in [0.15, 0.2) is 5.88 Å². The highest BCUT2D eigenvalue weighted by Gasteiger charge is 2.14. The molecule has 0 aliphatic rings. The second kappa shape index (κ2) is 5.26. The quantitative estimate of drug-likeness (QED) is 0.540. The molecule has 0 aliphatic carbocycles. The van der Waals surface area contributed by atoms with Crippen molar-refractivity contribution in [2.45, 2.75) is 26.4 Å². The number of carbonyl (C=O) groups excluding carboxylic acids is 1. The van der Waals surface area contributed by atoms with Crippen LogP contribution in [0.4, 0.5) is 4.79 Å². The molecule has 0 heterocycles. The third-order valence-corrected chi connectivity index (χ3v) is 1.05. The fraction of sp³-hybridized carbons (Fsp3) is 0.556. The summed E-state index contributed by atoms with van der Waals surface area (Å²) in [5, 5.41) is 0. The Kier molecular flexibility index (Phi) is 4.69. The Bertz CT molecular complexity index is 251. The molecule has 14 heavy (non-hydrogen) atoms. The molecule has 2 N–H and O–H groups in total. The number of nitrogens with two attached hydrogens (primary N) is 1.